The number of pyridine rings is 1. The van der Waals surface area contributed by atoms with Crippen LogP contribution in [-0.2, 0) is 4.74 Å². The molecule has 106 valence electrons. The van der Waals surface area contributed by atoms with Gasteiger partial charge in [0.25, 0.3) is 5.91 Å². The minimum absolute atomic E-state index is 0.0814. The molecule has 1 unspecified atom stereocenters. The molecule has 0 radical (unpaired) electrons. The van der Waals surface area contributed by atoms with E-state index in [0.29, 0.717) is 31.0 Å². The average Bonchev–Trinajstić information content (AvgIpc) is 2.52. The summed E-state index contributed by atoms with van der Waals surface area (Å²) in [6.45, 7) is 4.06. The van der Waals surface area contributed by atoms with Gasteiger partial charge in [0.2, 0.25) is 0 Å². The first kappa shape index (κ1) is 14.5. The van der Waals surface area contributed by atoms with E-state index in [1.807, 2.05) is 11.8 Å². The molecule has 1 atom stereocenters. The molecule has 0 spiro atoms. The van der Waals surface area contributed by atoms with Gasteiger partial charge in [-0.1, -0.05) is 18.8 Å². The fraction of sp³-hybridized carbons (Fsp3) is 0.467. The number of amides is 1. The van der Waals surface area contributed by atoms with E-state index in [1.165, 1.54) is 0 Å². The van der Waals surface area contributed by atoms with Crippen molar-refractivity contribution in [1.82, 2.24) is 9.88 Å². The zero-order chi connectivity index (χ0) is 14.4. The van der Waals surface area contributed by atoms with Crippen LogP contribution < -0.4 is 5.73 Å². The molecule has 5 heteroatoms. The molecule has 1 amide bonds. The molecule has 1 saturated heterocycles. The van der Waals surface area contributed by atoms with Crippen LogP contribution in [0.1, 0.15) is 29.4 Å². The number of carbonyl (C=O) groups excluding carboxylic acids is 1. The number of aromatic nitrogens is 1. The number of hydrogen-bond donors (Lipinski definition) is 1. The second-order valence-corrected chi connectivity index (χ2v) is 4.54. The van der Waals surface area contributed by atoms with Gasteiger partial charge in [-0.3, -0.25) is 4.79 Å². The van der Waals surface area contributed by atoms with Crippen LogP contribution in [0, 0.1) is 11.8 Å². The minimum atomic E-state index is -0.0814. The summed E-state index contributed by atoms with van der Waals surface area (Å²) < 4.78 is 5.43. The van der Waals surface area contributed by atoms with Gasteiger partial charge in [-0.2, -0.15) is 0 Å². The van der Waals surface area contributed by atoms with Crippen molar-refractivity contribution in [3.8, 4) is 11.8 Å². The molecule has 1 aliphatic rings. The van der Waals surface area contributed by atoms with E-state index in [-0.39, 0.29) is 18.5 Å². The first-order valence-electron chi connectivity index (χ1n) is 6.80. The number of morpholine rings is 1. The average molecular weight is 273 g/mol. The van der Waals surface area contributed by atoms with Crippen molar-refractivity contribution in [3.63, 3.8) is 0 Å². The summed E-state index contributed by atoms with van der Waals surface area (Å²) in [4.78, 5) is 18.7. The minimum Gasteiger partial charge on any atom is -0.377 e. The number of carbonyl (C=O) groups is 1. The van der Waals surface area contributed by atoms with E-state index < -0.39 is 0 Å². The van der Waals surface area contributed by atoms with Crippen LogP contribution in [0.5, 0.6) is 0 Å². The van der Waals surface area contributed by atoms with E-state index in [2.05, 4.69) is 16.8 Å². The van der Waals surface area contributed by atoms with Crippen LogP contribution in [0.15, 0.2) is 18.3 Å². The van der Waals surface area contributed by atoms with Gasteiger partial charge in [0.15, 0.2) is 0 Å². The molecule has 5 nitrogen and oxygen atoms in total. The number of rotatable bonds is 2. The molecule has 2 N–H and O–H groups in total. The van der Waals surface area contributed by atoms with Crippen molar-refractivity contribution in [1.29, 1.82) is 0 Å². The first-order chi connectivity index (χ1) is 9.77. The predicted molar refractivity (Wildman–Crippen MR) is 76.1 cm³/mol. The highest BCUT2D eigenvalue weighted by molar-refractivity contribution is 5.95. The van der Waals surface area contributed by atoms with E-state index in [1.54, 1.807) is 18.3 Å². The lowest BCUT2D eigenvalue weighted by molar-refractivity contribution is -0.00312. The monoisotopic (exact) mass is 273 g/mol. The highest BCUT2D eigenvalue weighted by Crippen LogP contribution is 2.15. The molecule has 0 aliphatic carbocycles. The quantitative estimate of drug-likeness (QED) is 0.803. The van der Waals surface area contributed by atoms with E-state index in [0.717, 1.165) is 6.42 Å². The second kappa shape index (κ2) is 7.04. The van der Waals surface area contributed by atoms with Crippen LogP contribution in [0.2, 0.25) is 0 Å². The van der Waals surface area contributed by atoms with Crippen molar-refractivity contribution in [2.45, 2.75) is 19.4 Å². The Morgan fingerprint density at radius 1 is 1.65 bits per heavy atom. The summed E-state index contributed by atoms with van der Waals surface area (Å²) in [5, 5.41) is 0. The number of hydrogen-bond acceptors (Lipinski definition) is 4. The third-order valence-corrected chi connectivity index (χ3v) is 3.30. The number of nitrogens with zero attached hydrogens (tertiary/aromatic N) is 2. The molecule has 1 aromatic heterocycles. The van der Waals surface area contributed by atoms with Gasteiger partial charge >= 0.3 is 0 Å². The maximum Gasteiger partial charge on any atom is 0.274 e. The van der Waals surface area contributed by atoms with Crippen molar-refractivity contribution < 1.29 is 9.53 Å². The topological polar surface area (TPSA) is 68.5 Å². The lowest BCUT2D eigenvalue weighted by atomic mass is 10.1. The molecule has 0 aromatic carbocycles. The van der Waals surface area contributed by atoms with Crippen molar-refractivity contribution in [2.24, 2.45) is 5.73 Å². The number of ether oxygens (including phenoxy) is 1. The summed E-state index contributed by atoms with van der Waals surface area (Å²) in [5.74, 6) is 5.60. The molecule has 1 aromatic rings. The highest BCUT2D eigenvalue weighted by Gasteiger charge is 2.28. The fourth-order valence-electron chi connectivity index (χ4n) is 2.22. The zero-order valence-corrected chi connectivity index (χ0v) is 11.6. The Balaban J connectivity index is 2.28. The molecule has 0 bridgehead atoms. The smallest absolute Gasteiger partial charge is 0.274 e. The summed E-state index contributed by atoms with van der Waals surface area (Å²) in [6, 6.07) is 3.67. The van der Waals surface area contributed by atoms with Gasteiger partial charge in [-0.15, -0.1) is 0 Å². The normalized spacial score (nSPS) is 18.3. The number of nitrogens with two attached hydrogens (primary N) is 1. The van der Waals surface area contributed by atoms with Gasteiger partial charge in [0, 0.05) is 12.7 Å². The summed E-state index contributed by atoms with van der Waals surface area (Å²) in [5.41, 5.74) is 6.41. The van der Waals surface area contributed by atoms with Gasteiger partial charge in [0.05, 0.1) is 31.4 Å². The SMILES string of the molecule is CCC1COCCN1C(=O)c1ncccc1C#CCN. The Kier molecular flexibility index (Phi) is 5.10. The summed E-state index contributed by atoms with van der Waals surface area (Å²) in [7, 11) is 0. The summed E-state index contributed by atoms with van der Waals surface area (Å²) >= 11 is 0. The van der Waals surface area contributed by atoms with Crippen LogP contribution in [0.4, 0.5) is 0 Å². The Morgan fingerprint density at radius 3 is 3.25 bits per heavy atom. The van der Waals surface area contributed by atoms with Crippen molar-refractivity contribution >= 4 is 5.91 Å². The van der Waals surface area contributed by atoms with Crippen LogP contribution >= 0.6 is 0 Å². The molecule has 2 rings (SSSR count). The van der Waals surface area contributed by atoms with Gasteiger partial charge in [-0.05, 0) is 18.6 Å². The molecule has 1 fully saturated rings. The molecule has 2 heterocycles. The Hall–Kier alpha value is -1.90. The lowest BCUT2D eigenvalue weighted by Gasteiger charge is -2.35. The van der Waals surface area contributed by atoms with Crippen LogP contribution in [0.3, 0.4) is 0 Å². The van der Waals surface area contributed by atoms with Crippen molar-refractivity contribution in [2.75, 3.05) is 26.3 Å². The van der Waals surface area contributed by atoms with Crippen molar-refractivity contribution in [3.05, 3.63) is 29.6 Å². The standard InChI is InChI=1S/C15H19N3O2/c1-2-13-11-20-10-9-18(13)15(19)14-12(5-3-7-16)6-4-8-17-14/h4,6,8,13H,2,7,9-11,16H2,1H3. The fourth-order valence-corrected chi connectivity index (χ4v) is 2.22. The van der Waals surface area contributed by atoms with E-state index in [4.69, 9.17) is 10.5 Å². The Labute approximate surface area is 119 Å². The maximum atomic E-state index is 12.7. The van der Waals surface area contributed by atoms with Gasteiger partial charge in [-0.25, -0.2) is 4.98 Å². The maximum absolute atomic E-state index is 12.7. The summed E-state index contributed by atoms with van der Waals surface area (Å²) in [6.07, 6.45) is 2.48. The molecular weight excluding hydrogens is 254 g/mol. The molecular formula is C15H19N3O2. The predicted octanol–water partition coefficient (Wildman–Crippen LogP) is 0.643. The van der Waals surface area contributed by atoms with Gasteiger partial charge < -0.3 is 15.4 Å². The third-order valence-electron chi connectivity index (χ3n) is 3.30. The first-order valence-corrected chi connectivity index (χ1v) is 6.80. The van der Waals surface area contributed by atoms with Crippen LogP contribution in [-0.4, -0.2) is 48.1 Å². The second-order valence-electron chi connectivity index (χ2n) is 4.54. The largest absolute Gasteiger partial charge is 0.377 e. The lowest BCUT2D eigenvalue weighted by Crippen LogP contribution is -2.48. The molecule has 1 aliphatic heterocycles. The van der Waals surface area contributed by atoms with E-state index >= 15 is 0 Å². The molecule has 20 heavy (non-hydrogen) atoms. The van der Waals surface area contributed by atoms with Gasteiger partial charge in [0.1, 0.15) is 5.69 Å². The zero-order valence-electron chi connectivity index (χ0n) is 11.6. The Morgan fingerprint density at radius 2 is 2.50 bits per heavy atom. The highest BCUT2D eigenvalue weighted by atomic mass is 16.5. The molecule has 0 saturated carbocycles. The third kappa shape index (κ3) is 3.16. The Bertz CT molecular complexity index is 533. The van der Waals surface area contributed by atoms with Crippen LogP contribution in [0.25, 0.3) is 0 Å². The van der Waals surface area contributed by atoms with E-state index in [9.17, 15) is 4.79 Å².